The van der Waals surface area contributed by atoms with Gasteiger partial charge in [0.25, 0.3) is 11.6 Å². The summed E-state index contributed by atoms with van der Waals surface area (Å²) in [6.45, 7) is 1.34. The number of imidazole rings is 1. The van der Waals surface area contributed by atoms with E-state index >= 15 is 0 Å². The second kappa shape index (κ2) is 6.37. The summed E-state index contributed by atoms with van der Waals surface area (Å²) >= 11 is 6.07. The Kier molecular flexibility index (Phi) is 4.29. The van der Waals surface area contributed by atoms with Crippen molar-refractivity contribution in [3.05, 3.63) is 57.6 Å². The van der Waals surface area contributed by atoms with Gasteiger partial charge in [0.2, 0.25) is 0 Å². The molecular weight excluding hydrogens is 320 g/mol. The van der Waals surface area contributed by atoms with Crippen LogP contribution in [0.5, 0.6) is 0 Å². The van der Waals surface area contributed by atoms with Crippen molar-refractivity contribution in [1.29, 1.82) is 0 Å². The van der Waals surface area contributed by atoms with Gasteiger partial charge in [-0.15, -0.1) is 0 Å². The minimum atomic E-state index is -0.530. The number of nitro groups is 1. The van der Waals surface area contributed by atoms with Crippen LogP contribution in [0.3, 0.4) is 0 Å². The molecule has 0 bridgehead atoms. The molecule has 3 rings (SSSR count). The maximum absolute atomic E-state index is 12.7. The van der Waals surface area contributed by atoms with Crippen molar-refractivity contribution >= 4 is 23.2 Å². The molecule has 0 saturated carbocycles. The highest BCUT2D eigenvalue weighted by molar-refractivity contribution is 6.34. The van der Waals surface area contributed by atoms with E-state index in [1.165, 1.54) is 18.2 Å². The van der Waals surface area contributed by atoms with Crippen molar-refractivity contribution in [3.8, 4) is 0 Å². The molecule has 2 aromatic rings. The summed E-state index contributed by atoms with van der Waals surface area (Å²) in [7, 11) is 0. The summed E-state index contributed by atoms with van der Waals surface area (Å²) in [5.74, 6) is -0.187. The van der Waals surface area contributed by atoms with Gasteiger partial charge in [0.15, 0.2) is 0 Å². The molecule has 0 unspecified atom stereocenters. The van der Waals surface area contributed by atoms with Gasteiger partial charge in [-0.05, 0) is 18.9 Å². The number of benzene rings is 1. The van der Waals surface area contributed by atoms with Crippen LogP contribution < -0.4 is 0 Å². The van der Waals surface area contributed by atoms with Crippen molar-refractivity contribution in [3.63, 3.8) is 0 Å². The zero-order valence-electron chi connectivity index (χ0n) is 12.3. The number of amides is 1. The molecule has 1 fully saturated rings. The first-order valence-electron chi connectivity index (χ1n) is 7.27. The number of nitrogens with zero attached hydrogens (tertiary/aromatic N) is 4. The molecule has 0 aliphatic carbocycles. The Morgan fingerprint density at radius 1 is 1.48 bits per heavy atom. The fourth-order valence-electron chi connectivity index (χ4n) is 2.88. The molecule has 1 aliphatic heterocycles. The van der Waals surface area contributed by atoms with Crippen LogP contribution in [0, 0.1) is 10.1 Å². The van der Waals surface area contributed by atoms with Crippen molar-refractivity contribution in [2.45, 2.75) is 25.4 Å². The first-order chi connectivity index (χ1) is 11.1. The molecule has 1 aliphatic rings. The lowest BCUT2D eigenvalue weighted by Crippen LogP contribution is -2.38. The lowest BCUT2D eigenvalue weighted by atomic mass is 10.1. The molecule has 1 saturated heterocycles. The van der Waals surface area contributed by atoms with E-state index in [2.05, 4.69) is 4.98 Å². The van der Waals surface area contributed by atoms with Crippen LogP contribution in [-0.2, 0) is 6.54 Å². The summed E-state index contributed by atoms with van der Waals surface area (Å²) in [5.41, 5.74) is 0.178. The predicted molar refractivity (Wildman–Crippen MR) is 84.4 cm³/mol. The van der Waals surface area contributed by atoms with E-state index in [1.54, 1.807) is 17.4 Å². The number of carbonyl (C=O) groups is 1. The van der Waals surface area contributed by atoms with Crippen molar-refractivity contribution in [2.75, 3.05) is 6.54 Å². The normalized spacial score (nSPS) is 17.4. The highest BCUT2D eigenvalue weighted by Gasteiger charge is 2.31. The van der Waals surface area contributed by atoms with E-state index in [4.69, 9.17) is 11.6 Å². The number of aromatic nitrogens is 2. The second-order valence-electron chi connectivity index (χ2n) is 5.48. The molecule has 0 spiro atoms. The van der Waals surface area contributed by atoms with Gasteiger partial charge in [0, 0.05) is 43.7 Å². The van der Waals surface area contributed by atoms with Gasteiger partial charge < -0.3 is 9.47 Å². The van der Waals surface area contributed by atoms with Gasteiger partial charge in [0.1, 0.15) is 0 Å². The Morgan fingerprint density at radius 2 is 2.30 bits per heavy atom. The average Bonchev–Trinajstić information content (AvgIpc) is 3.18. The quantitative estimate of drug-likeness (QED) is 0.636. The molecule has 1 amide bonds. The van der Waals surface area contributed by atoms with Gasteiger partial charge in [-0.2, -0.15) is 0 Å². The third-order valence-corrected chi connectivity index (χ3v) is 4.33. The number of halogens is 1. The highest BCUT2D eigenvalue weighted by Crippen LogP contribution is 2.27. The number of hydrogen-bond donors (Lipinski definition) is 0. The number of rotatable bonds is 4. The first-order valence-corrected chi connectivity index (χ1v) is 7.64. The third-order valence-electron chi connectivity index (χ3n) is 4.01. The maximum atomic E-state index is 12.7. The Hall–Kier alpha value is -2.41. The Morgan fingerprint density at radius 3 is 2.96 bits per heavy atom. The van der Waals surface area contributed by atoms with E-state index in [9.17, 15) is 14.9 Å². The Bertz CT molecular complexity index is 732. The molecule has 23 heavy (non-hydrogen) atoms. The van der Waals surface area contributed by atoms with E-state index in [-0.39, 0.29) is 22.7 Å². The minimum absolute atomic E-state index is 0.0722. The summed E-state index contributed by atoms with van der Waals surface area (Å²) in [5, 5.41) is 10.9. The molecule has 2 heterocycles. The molecule has 1 atom stereocenters. The van der Waals surface area contributed by atoms with Crippen LogP contribution in [0.25, 0.3) is 0 Å². The van der Waals surface area contributed by atoms with Crippen LogP contribution in [0.1, 0.15) is 23.2 Å². The van der Waals surface area contributed by atoms with Crippen LogP contribution >= 0.6 is 11.6 Å². The van der Waals surface area contributed by atoms with Crippen molar-refractivity contribution in [2.24, 2.45) is 0 Å². The molecule has 0 N–H and O–H groups in total. The lowest BCUT2D eigenvalue weighted by Gasteiger charge is -2.25. The summed E-state index contributed by atoms with van der Waals surface area (Å²) in [4.78, 5) is 28.8. The first kappa shape index (κ1) is 15.5. The molecular formula is C15H15ClN4O3. The standard InChI is InChI=1S/C15H15ClN4O3/c16-14-8-11(20(22)23)3-4-13(14)15(21)19-6-1-2-12(19)9-18-7-5-17-10-18/h3-5,7-8,10,12H,1-2,6,9H2/t12-/m1/s1. The lowest BCUT2D eigenvalue weighted by molar-refractivity contribution is -0.384. The van der Waals surface area contributed by atoms with Crippen LogP contribution in [0.15, 0.2) is 36.9 Å². The monoisotopic (exact) mass is 334 g/mol. The number of nitro benzene ring substituents is 1. The zero-order chi connectivity index (χ0) is 16.4. The van der Waals surface area contributed by atoms with E-state index in [1.807, 2.05) is 10.8 Å². The van der Waals surface area contributed by atoms with Crippen molar-refractivity contribution in [1.82, 2.24) is 14.5 Å². The van der Waals surface area contributed by atoms with Crippen molar-refractivity contribution < 1.29 is 9.72 Å². The summed E-state index contributed by atoms with van der Waals surface area (Å²) < 4.78 is 1.94. The fraction of sp³-hybridized carbons (Fsp3) is 0.333. The van der Waals surface area contributed by atoms with E-state index < -0.39 is 4.92 Å². The number of carbonyl (C=O) groups excluding carboxylic acids is 1. The highest BCUT2D eigenvalue weighted by atomic mass is 35.5. The number of likely N-dealkylation sites (tertiary alicyclic amines) is 1. The van der Waals surface area contributed by atoms with Gasteiger partial charge in [0.05, 0.1) is 21.8 Å². The van der Waals surface area contributed by atoms with Crippen LogP contribution in [0.2, 0.25) is 5.02 Å². The van der Waals surface area contributed by atoms with E-state index in [0.29, 0.717) is 18.7 Å². The van der Waals surface area contributed by atoms with Gasteiger partial charge in [-0.3, -0.25) is 14.9 Å². The largest absolute Gasteiger partial charge is 0.335 e. The zero-order valence-corrected chi connectivity index (χ0v) is 13.0. The molecule has 1 aromatic heterocycles. The van der Waals surface area contributed by atoms with Crippen LogP contribution in [0.4, 0.5) is 5.69 Å². The molecule has 1 aromatic carbocycles. The molecule has 7 nitrogen and oxygen atoms in total. The average molecular weight is 335 g/mol. The predicted octanol–water partition coefficient (Wildman–Crippen LogP) is 2.75. The third kappa shape index (κ3) is 3.19. The minimum Gasteiger partial charge on any atom is -0.335 e. The number of non-ortho nitro benzene ring substituents is 1. The summed E-state index contributed by atoms with van der Waals surface area (Å²) in [6.07, 6.45) is 7.12. The van der Waals surface area contributed by atoms with Gasteiger partial charge >= 0.3 is 0 Å². The fourth-order valence-corrected chi connectivity index (χ4v) is 3.13. The topological polar surface area (TPSA) is 81.3 Å². The van der Waals surface area contributed by atoms with Gasteiger partial charge in [-0.1, -0.05) is 11.6 Å². The SMILES string of the molecule is O=C(c1ccc([N+](=O)[O-])cc1Cl)N1CCC[C@@H]1Cn1ccnc1. The smallest absolute Gasteiger partial charge is 0.270 e. The molecule has 8 heteroatoms. The van der Waals surface area contributed by atoms with Gasteiger partial charge in [-0.25, -0.2) is 4.98 Å². The van der Waals surface area contributed by atoms with E-state index in [0.717, 1.165) is 12.8 Å². The maximum Gasteiger partial charge on any atom is 0.270 e. The summed E-state index contributed by atoms with van der Waals surface area (Å²) in [6, 6.07) is 4.02. The molecule has 0 radical (unpaired) electrons. The molecule has 120 valence electrons. The Labute approximate surface area is 137 Å². The van der Waals surface area contributed by atoms with Crippen LogP contribution in [-0.4, -0.2) is 37.9 Å². The second-order valence-corrected chi connectivity index (χ2v) is 5.88. The number of hydrogen-bond acceptors (Lipinski definition) is 4. The Balaban J connectivity index is 1.80.